The number of amides is 1. The largest absolute Gasteiger partial charge is 0.382 e. The molecule has 100 valence electrons. The van der Waals surface area contributed by atoms with Gasteiger partial charge in [-0.15, -0.1) is 0 Å². The second kappa shape index (κ2) is 9.39. The van der Waals surface area contributed by atoms with Gasteiger partial charge in [-0.3, -0.25) is 4.79 Å². The zero-order valence-corrected chi connectivity index (χ0v) is 10.7. The number of carbonyl (C=O) groups is 1. The minimum atomic E-state index is -0.0172. The highest BCUT2D eigenvalue weighted by molar-refractivity contribution is 5.81. The van der Waals surface area contributed by atoms with Crippen molar-refractivity contribution in [2.45, 2.75) is 31.7 Å². The fourth-order valence-corrected chi connectivity index (χ4v) is 1.83. The summed E-state index contributed by atoms with van der Waals surface area (Å²) >= 11 is 0. The molecule has 0 aromatic rings. The Balaban J connectivity index is 1.99. The van der Waals surface area contributed by atoms with Gasteiger partial charge in [0.15, 0.2) is 0 Å². The highest BCUT2D eigenvalue weighted by Gasteiger charge is 2.19. The van der Waals surface area contributed by atoms with Crippen LogP contribution in [-0.4, -0.2) is 52.0 Å². The topological polar surface area (TPSA) is 59.6 Å². The van der Waals surface area contributed by atoms with Crippen LogP contribution in [0, 0.1) is 0 Å². The summed E-state index contributed by atoms with van der Waals surface area (Å²) < 4.78 is 10.2. The standard InChI is InChI=1S/C12H24N2O3/c1-16-9-10-17-8-4-7-13-11-5-2-3-6-14-12(11)15/h11,13H,2-10H2,1H3,(H,14,15). The predicted molar refractivity (Wildman–Crippen MR) is 66.0 cm³/mol. The second-order valence-electron chi connectivity index (χ2n) is 4.25. The lowest BCUT2D eigenvalue weighted by Gasteiger charge is -2.14. The minimum absolute atomic E-state index is 0.0172. The van der Waals surface area contributed by atoms with Crippen LogP contribution in [0.25, 0.3) is 0 Å². The number of hydrogen-bond acceptors (Lipinski definition) is 4. The predicted octanol–water partition coefficient (Wildman–Crippen LogP) is 0.298. The van der Waals surface area contributed by atoms with E-state index in [1.807, 2.05) is 0 Å². The van der Waals surface area contributed by atoms with Gasteiger partial charge < -0.3 is 20.1 Å². The van der Waals surface area contributed by atoms with Gasteiger partial charge in [0, 0.05) is 20.3 Å². The van der Waals surface area contributed by atoms with Crippen molar-refractivity contribution < 1.29 is 14.3 Å². The van der Waals surface area contributed by atoms with Crippen molar-refractivity contribution in [2.24, 2.45) is 0 Å². The number of methoxy groups -OCH3 is 1. The monoisotopic (exact) mass is 244 g/mol. The van der Waals surface area contributed by atoms with E-state index in [1.165, 1.54) is 0 Å². The zero-order valence-electron chi connectivity index (χ0n) is 10.7. The normalized spacial score (nSPS) is 21.0. The van der Waals surface area contributed by atoms with E-state index in [1.54, 1.807) is 7.11 Å². The number of rotatable bonds is 8. The molecular formula is C12H24N2O3. The maximum atomic E-state index is 11.6. The van der Waals surface area contributed by atoms with Crippen molar-refractivity contribution in [3.05, 3.63) is 0 Å². The third-order valence-corrected chi connectivity index (χ3v) is 2.82. The van der Waals surface area contributed by atoms with Crippen LogP contribution in [0.4, 0.5) is 0 Å². The van der Waals surface area contributed by atoms with Gasteiger partial charge >= 0.3 is 0 Å². The molecule has 1 aliphatic rings. The summed E-state index contributed by atoms with van der Waals surface area (Å²) in [6, 6.07) is -0.0172. The molecule has 0 aliphatic carbocycles. The summed E-state index contributed by atoms with van der Waals surface area (Å²) in [6.07, 6.45) is 4.06. The number of carbonyl (C=O) groups excluding carboxylic acids is 1. The van der Waals surface area contributed by atoms with E-state index in [9.17, 15) is 4.79 Å². The molecule has 1 aliphatic heterocycles. The van der Waals surface area contributed by atoms with Crippen molar-refractivity contribution in [3.8, 4) is 0 Å². The Kier molecular flexibility index (Phi) is 7.96. The molecule has 0 radical (unpaired) electrons. The van der Waals surface area contributed by atoms with Crippen molar-refractivity contribution in [3.63, 3.8) is 0 Å². The Morgan fingerprint density at radius 3 is 3.06 bits per heavy atom. The third kappa shape index (κ3) is 6.61. The maximum absolute atomic E-state index is 11.6. The molecule has 5 heteroatoms. The van der Waals surface area contributed by atoms with Crippen LogP contribution >= 0.6 is 0 Å². The van der Waals surface area contributed by atoms with E-state index in [4.69, 9.17) is 9.47 Å². The number of hydrogen-bond donors (Lipinski definition) is 2. The van der Waals surface area contributed by atoms with Gasteiger partial charge in [0.1, 0.15) is 0 Å². The van der Waals surface area contributed by atoms with Crippen LogP contribution < -0.4 is 10.6 Å². The van der Waals surface area contributed by atoms with Crippen LogP contribution in [0.1, 0.15) is 25.7 Å². The Bertz CT molecular complexity index is 212. The van der Waals surface area contributed by atoms with Crippen LogP contribution in [0.5, 0.6) is 0 Å². The molecule has 0 spiro atoms. The SMILES string of the molecule is COCCOCCCNC1CCCCNC1=O. The Morgan fingerprint density at radius 2 is 2.24 bits per heavy atom. The summed E-state index contributed by atoms with van der Waals surface area (Å²) in [5.41, 5.74) is 0. The van der Waals surface area contributed by atoms with E-state index in [-0.39, 0.29) is 11.9 Å². The molecule has 1 rings (SSSR count). The molecule has 1 atom stereocenters. The lowest BCUT2D eigenvalue weighted by atomic mass is 10.1. The highest BCUT2D eigenvalue weighted by Crippen LogP contribution is 2.04. The van der Waals surface area contributed by atoms with Crippen LogP contribution in [0.15, 0.2) is 0 Å². The first kappa shape index (κ1) is 14.4. The smallest absolute Gasteiger partial charge is 0.237 e. The maximum Gasteiger partial charge on any atom is 0.237 e. The third-order valence-electron chi connectivity index (χ3n) is 2.82. The Labute approximate surface area is 103 Å². The Hall–Kier alpha value is -0.650. The molecule has 5 nitrogen and oxygen atoms in total. The van der Waals surface area contributed by atoms with Gasteiger partial charge in [-0.05, 0) is 32.2 Å². The van der Waals surface area contributed by atoms with Gasteiger partial charge in [-0.25, -0.2) is 0 Å². The molecule has 1 saturated heterocycles. The molecule has 1 heterocycles. The molecule has 17 heavy (non-hydrogen) atoms. The minimum Gasteiger partial charge on any atom is -0.382 e. The van der Waals surface area contributed by atoms with Crippen LogP contribution in [0.2, 0.25) is 0 Å². The molecule has 0 saturated carbocycles. The van der Waals surface area contributed by atoms with Crippen molar-refractivity contribution >= 4 is 5.91 Å². The summed E-state index contributed by atoms with van der Waals surface area (Å²) in [5, 5.41) is 6.19. The first-order chi connectivity index (χ1) is 8.34. The van der Waals surface area contributed by atoms with Crippen molar-refractivity contribution in [1.29, 1.82) is 0 Å². The molecule has 2 N–H and O–H groups in total. The average Bonchev–Trinajstić information content (AvgIpc) is 2.53. The van der Waals surface area contributed by atoms with E-state index < -0.39 is 0 Å². The first-order valence-corrected chi connectivity index (χ1v) is 6.42. The average molecular weight is 244 g/mol. The Morgan fingerprint density at radius 1 is 1.35 bits per heavy atom. The molecule has 0 aromatic carbocycles. The summed E-state index contributed by atoms with van der Waals surface area (Å²) in [7, 11) is 1.66. The first-order valence-electron chi connectivity index (χ1n) is 6.42. The molecule has 1 fully saturated rings. The number of ether oxygens (including phenoxy) is 2. The molecule has 0 aromatic heterocycles. The molecular weight excluding hydrogens is 220 g/mol. The lowest BCUT2D eigenvalue weighted by molar-refractivity contribution is -0.122. The van der Waals surface area contributed by atoms with Gasteiger partial charge in [0.2, 0.25) is 5.91 Å². The fraction of sp³-hybridized carbons (Fsp3) is 0.917. The molecule has 1 amide bonds. The van der Waals surface area contributed by atoms with Gasteiger partial charge in [0.05, 0.1) is 19.3 Å². The lowest BCUT2D eigenvalue weighted by Crippen LogP contribution is -2.43. The van der Waals surface area contributed by atoms with Gasteiger partial charge in [0.25, 0.3) is 0 Å². The van der Waals surface area contributed by atoms with Crippen molar-refractivity contribution in [1.82, 2.24) is 10.6 Å². The summed E-state index contributed by atoms with van der Waals surface area (Å²) in [4.78, 5) is 11.6. The van der Waals surface area contributed by atoms with E-state index >= 15 is 0 Å². The van der Waals surface area contributed by atoms with Crippen molar-refractivity contribution in [2.75, 3.05) is 40.0 Å². The molecule has 1 unspecified atom stereocenters. The second-order valence-corrected chi connectivity index (χ2v) is 4.25. The molecule has 0 bridgehead atoms. The summed E-state index contributed by atoms with van der Waals surface area (Å²) in [5.74, 6) is 0.141. The van der Waals surface area contributed by atoms with Crippen LogP contribution in [0.3, 0.4) is 0 Å². The zero-order chi connectivity index (χ0) is 12.3. The van der Waals surface area contributed by atoms with E-state index in [0.29, 0.717) is 19.8 Å². The van der Waals surface area contributed by atoms with E-state index in [2.05, 4.69) is 10.6 Å². The van der Waals surface area contributed by atoms with Gasteiger partial charge in [-0.2, -0.15) is 0 Å². The summed E-state index contributed by atoms with van der Waals surface area (Å²) in [6.45, 7) is 3.63. The highest BCUT2D eigenvalue weighted by atomic mass is 16.5. The number of nitrogens with one attached hydrogen (secondary N) is 2. The fourth-order valence-electron chi connectivity index (χ4n) is 1.83. The van der Waals surface area contributed by atoms with E-state index in [0.717, 1.165) is 38.8 Å². The van der Waals surface area contributed by atoms with Crippen LogP contribution in [-0.2, 0) is 14.3 Å². The quantitative estimate of drug-likeness (QED) is 0.603. The van der Waals surface area contributed by atoms with Gasteiger partial charge in [-0.1, -0.05) is 0 Å².